The van der Waals surface area contributed by atoms with Crippen LogP contribution in [0.2, 0.25) is 5.02 Å². The quantitative estimate of drug-likeness (QED) is 0.368. The van der Waals surface area contributed by atoms with Crippen molar-refractivity contribution in [1.29, 1.82) is 0 Å². The first-order valence-electron chi connectivity index (χ1n) is 9.85. The highest BCUT2D eigenvalue weighted by Gasteiger charge is 2.18. The first-order chi connectivity index (χ1) is 15.2. The van der Waals surface area contributed by atoms with E-state index in [1.807, 2.05) is 77.4 Å². The van der Waals surface area contributed by atoms with E-state index in [2.05, 4.69) is 17.4 Å². The van der Waals surface area contributed by atoms with E-state index >= 15 is 0 Å². The van der Waals surface area contributed by atoms with Gasteiger partial charge in [-0.05, 0) is 54.2 Å². The first kappa shape index (κ1) is 19.7. The van der Waals surface area contributed by atoms with Gasteiger partial charge in [-0.2, -0.15) is 4.52 Å². The summed E-state index contributed by atoms with van der Waals surface area (Å²) in [6.45, 7) is 1.22. The lowest BCUT2D eigenvalue weighted by Gasteiger charge is -2.08. The molecule has 0 amide bonds. The zero-order valence-corrected chi connectivity index (χ0v) is 18.1. The molecule has 8 heteroatoms. The fourth-order valence-corrected chi connectivity index (χ4v) is 3.81. The SMILES string of the molecule is S=c1n(CNCc2ccccc2)nc2n(-c3ccccc3)c(-c3ccc(Cl)cc3)nn12. The lowest BCUT2D eigenvalue weighted by Crippen LogP contribution is -2.19. The number of halogens is 1. The maximum Gasteiger partial charge on any atom is 0.257 e. The van der Waals surface area contributed by atoms with Crippen molar-refractivity contribution >= 4 is 29.6 Å². The van der Waals surface area contributed by atoms with E-state index in [9.17, 15) is 0 Å². The van der Waals surface area contributed by atoms with Crippen molar-refractivity contribution in [3.63, 3.8) is 0 Å². The molecule has 2 aromatic heterocycles. The fraction of sp³-hybridized carbons (Fsp3) is 0.0870. The second kappa shape index (κ2) is 8.47. The van der Waals surface area contributed by atoms with Crippen LogP contribution in [-0.4, -0.2) is 24.0 Å². The Hall–Kier alpha value is -3.26. The Morgan fingerprint density at radius 1 is 0.839 bits per heavy atom. The van der Waals surface area contributed by atoms with Gasteiger partial charge in [0.05, 0.1) is 12.4 Å². The molecule has 0 spiro atoms. The molecule has 0 saturated heterocycles. The molecule has 5 aromatic rings. The zero-order chi connectivity index (χ0) is 21.2. The topological polar surface area (TPSA) is 52.1 Å². The Labute approximate surface area is 189 Å². The van der Waals surface area contributed by atoms with Gasteiger partial charge in [-0.1, -0.05) is 60.1 Å². The van der Waals surface area contributed by atoms with Crippen molar-refractivity contribution in [1.82, 2.24) is 29.3 Å². The summed E-state index contributed by atoms with van der Waals surface area (Å²) in [6, 6.07) is 27.8. The maximum absolute atomic E-state index is 6.08. The van der Waals surface area contributed by atoms with Crippen LogP contribution in [0.3, 0.4) is 0 Å². The first-order valence-corrected chi connectivity index (χ1v) is 10.6. The van der Waals surface area contributed by atoms with Crippen molar-refractivity contribution in [2.75, 3.05) is 0 Å². The molecule has 0 atom stereocenters. The summed E-state index contributed by atoms with van der Waals surface area (Å²) in [4.78, 5) is 0. The molecule has 0 fully saturated rings. The van der Waals surface area contributed by atoms with Gasteiger partial charge in [-0.25, -0.2) is 4.68 Å². The highest BCUT2D eigenvalue weighted by molar-refractivity contribution is 7.71. The van der Waals surface area contributed by atoms with Crippen LogP contribution in [0.15, 0.2) is 84.9 Å². The Balaban J connectivity index is 1.55. The third-order valence-corrected chi connectivity index (χ3v) is 5.59. The fourth-order valence-electron chi connectivity index (χ4n) is 3.45. The van der Waals surface area contributed by atoms with Crippen LogP contribution in [0.5, 0.6) is 0 Å². The van der Waals surface area contributed by atoms with Gasteiger partial charge in [0.15, 0.2) is 5.82 Å². The molecular weight excluding hydrogens is 428 g/mol. The van der Waals surface area contributed by atoms with Gasteiger partial charge < -0.3 is 0 Å². The summed E-state index contributed by atoms with van der Waals surface area (Å²) in [5, 5.41) is 13.6. The van der Waals surface area contributed by atoms with Gasteiger partial charge in [0.1, 0.15) is 0 Å². The van der Waals surface area contributed by atoms with Gasteiger partial charge in [0, 0.05) is 17.1 Å². The average molecular weight is 447 g/mol. The number of benzene rings is 3. The Kier molecular flexibility index (Phi) is 5.38. The Morgan fingerprint density at radius 3 is 2.23 bits per heavy atom. The summed E-state index contributed by atoms with van der Waals surface area (Å²) in [6.07, 6.45) is 0. The van der Waals surface area contributed by atoms with Crippen molar-refractivity contribution in [2.45, 2.75) is 13.2 Å². The molecule has 0 aliphatic heterocycles. The molecule has 6 nitrogen and oxygen atoms in total. The average Bonchev–Trinajstić information content (AvgIpc) is 3.32. The van der Waals surface area contributed by atoms with Crippen LogP contribution in [-0.2, 0) is 13.2 Å². The molecule has 31 heavy (non-hydrogen) atoms. The minimum Gasteiger partial charge on any atom is -0.294 e. The molecule has 2 heterocycles. The lowest BCUT2D eigenvalue weighted by atomic mass is 10.2. The summed E-state index contributed by atoms with van der Waals surface area (Å²) in [5.74, 6) is 1.41. The van der Waals surface area contributed by atoms with Crippen molar-refractivity contribution in [3.8, 4) is 17.1 Å². The van der Waals surface area contributed by atoms with Crippen molar-refractivity contribution in [2.24, 2.45) is 0 Å². The minimum absolute atomic E-state index is 0.488. The molecule has 0 bridgehead atoms. The second-order valence-corrected chi connectivity index (χ2v) is 7.87. The number of rotatable bonds is 6. The van der Waals surface area contributed by atoms with Crippen LogP contribution < -0.4 is 5.32 Å². The standard InChI is InChI=1S/C23H19ClN6S/c24-19-13-11-18(12-14-19)21-26-30-22(29(21)20-9-5-2-6-10-20)27-28(23(30)31)16-25-15-17-7-3-1-4-8-17/h1-14,25H,15-16H2. The van der Waals surface area contributed by atoms with Crippen LogP contribution in [0, 0.1) is 4.77 Å². The van der Waals surface area contributed by atoms with Gasteiger partial charge >= 0.3 is 0 Å². The molecule has 0 aliphatic rings. The number of hydrogen-bond donors (Lipinski definition) is 1. The predicted molar refractivity (Wildman–Crippen MR) is 125 cm³/mol. The highest BCUT2D eigenvalue weighted by atomic mass is 35.5. The number of nitrogens with one attached hydrogen (secondary N) is 1. The molecule has 0 aliphatic carbocycles. The third kappa shape index (κ3) is 3.90. The van der Waals surface area contributed by atoms with E-state index in [0.29, 0.717) is 22.2 Å². The van der Waals surface area contributed by atoms with Crippen molar-refractivity contribution < 1.29 is 0 Å². The normalized spacial score (nSPS) is 11.3. The van der Waals surface area contributed by atoms with Crippen LogP contribution in [0.25, 0.3) is 22.9 Å². The zero-order valence-electron chi connectivity index (χ0n) is 16.5. The third-order valence-electron chi connectivity index (χ3n) is 4.96. The van der Waals surface area contributed by atoms with Crippen LogP contribution in [0.1, 0.15) is 5.56 Å². The van der Waals surface area contributed by atoms with Crippen molar-refractivity contribution in [3.05, 3.63) is 100 Å². The van der Waals surface area contributed by atoms with E-state index in [0.717, 1.165) is 23.6 Å². The number of fused-ring (bicyclic) bond motifs is 1. The minimum atomic E-state index is 0.488. The monoisotopic (exact) mass is 446 g/mol. The molecule has 0 radical (unpaired) electrons. The molecule has 0 saturated carbocycles. The second-order valence-electron chi connectivity index (χ2n) is 7.07. The van der Waals surface area contributed by atoms with E-state index in [-0.39, 0.29) is 0 Å². The van der Waals surface area contributed by atoms with Gasteiger partial charge in [-0.3, -0.25) is 9.88 Å². The molecule has 0 unspecified atom stereocenters. The molecule has 1 N–H and O–H groups in total. The van der Waals surface area contributed by atoms with Gasteiger partial charge in [-0.15, -0.1) is 10.2 Å². The maximum atomic E-state index is 6.08. The van der Waals surface area contributed by atoms with E-state index in [1.165, 1.54) is 5.56 Å². The molecular formula is C23H19ClN6S. The van der Waals surface area contributed by atoms with Gasteiger partial charge in [0.2, 0.25) is 4.77 Å². The van der Waals surface area contributed by atoms with Crippen LogP contribution in [0.4, 0.5) is 0 Å². The highest BCUT2D eigenvalue weighted by Crippen LogP contribution is 2.25. The molecule has 3 aromatic carbocycles. The number of nitrogens with zero attached hydrogens (tertiary/aromatic N) is 5. The van der Waals surface area contributed by atoms with E-state index < -0.39 is 0 Å². The summed E-state index contributed by atoms with van der Waals surface area (Å²) in [7, 11) is 0. The van der Waals surface area contributed by atoms with E-state index in [4.69, 9.17) is 34.0 Å². The number of para-hydroxylation sites is 1. The molecule has 5 rings (SSSR count). The summed E-state index contributed by atoms with van der Waals surface area (Å²) >= 11 is 11.8. The van der Waals surface area contributed by atoms with E-state index in [1.54, 1.807) is 9.20 Å². The Bertz CT molecular complexity index is 1370. The number of aromatic nitrogens is 5. The Morgan fingerprint density at radius 2 is 1.52 bits per heavy atom. The predicted octanol–water partition coefficient (Wildman–Crippen LogP) is 5.12. The molecule has 154 valence electrons. The lowest BCUT2D eigenvalue weighted by molar-refractivity contribution is 0.503. The summed E-state index contributed by atoms with van der Waals surface area (Å²) < 4.78 is 6.00. The number of hydrogen-bond acceptors (Lipinski definition) is 4. The smallest absolute Gasteiger partial charge is 0.257 e. The van der Waals surface area contributed by atoms with Crippen LogP contribution >= 0.6 is 23.8 Å². The summed E-state index contributed by atoms with van der Waals surface area (Å²) in [5.41, 5.74) is 3.09. The van der Waals surface area contributed by atoms with Gasteiger partial charge in [0.25, 0.3) is 5.78 Å². The largest absolute Gasteiger partial charge is 0.294 e.